The van der Waals surface area contributed by atoms with Gasteiger partial charge < -0.3 is 5.21 Å². The molecule has 2 aromatic rings. The Morgan fingerprint density at radius 3 is 2.80 bits per heavy atom. The molecule has 1 aliphatic rings. The molecule has 3 rings (SSSR count). The standard InChI is InChI=1S/C17H20N2O/c1-13(14-6-3-2-4-7-14)19(20)16-10-9-15-8-5-11-18-17(15)12-16/h2-8,11,13,16,20H,9-10,12H2,1H3. The second kappa shape index (κ2) is 5.73. The number of rotatable bonds is 3. The first-order valence-electron chi connectivity index (χ1n) is 7.20. The molecular formula is C17H20N2O. The first kappa shape index (κ1) is 13.3. The highest BCUT2D eigenvalue weighted by atomic mass is 16.5. The molecule has 0 fully saturated rings. The van der Waals surface area contributed by atoms with E-state index in [0.29, 0.717) is 0 Å². The highest BCUT2D eigenvalue weighted by molar-refractivity contribution is 5.24. The molecule has 0 saturated heterocycles. The lowest BCUT2D eigenvalue weighted by atomic mass is 9.91. The Balaban J connectivity index is 1.74. The van der Waals surface area contributed by atoms with Crippen molar-refractivity contribution in [2.45, 2.75) is 38.3 Å². The van der Waals surface area contributed by atoms with E-state index in [4.69, 9.17) is 0 Å². The third-order valence-corrected chi connectivity index (χ3v) is 4.21. The van der Waals surface area contributed by atoms with Gasteiger partial charge in [0.15, 0.2) is 0 Å². The third kappa shape index (κ3) is 2.60. The Morgan fingerprint density at radius 2 is 2.00 bits per heavy atom. The van der Waals surface area contributed by atoms with E-state index in [2.05, 4.69) is 23.2 Å². The van der Waals surface area contributed by atoms with E-state index in [9.17, 15) is 5.21 Å². The molecular weight excluding hydrogens is 248 g/mol. The molecule has 20 heavy (non-hydrogen) atoms. The number of pyridine rings is 1. The Kier molecular flexibility index (Phi) is 3.81. The average molecular weight is 268 g/mol. The molecule has 3 heteroatoms. The van der Waals surface area contributed by atoms with Crippen LogP contribution in [0.1, 0.15) is 36.2 Å². The Morgan fingerprint density at radius 1 is 1.20 bits per heavy atom. The topological polar surface area (TPSA) is 36.4 Å². The van der Waals surface area contributed by atoms with E-state index in [0.717, 1.165) is 30.5 Å². The van der Waals surface area contributed by atoms with E-state index in [-0.39, 0.29) is 12.1 Å². The van der Waals surface area contributed by atoms with Crippen LogP contribution in [0.15, 0.2) is 48.7 Å². The molecule has 1 aromatic carbocycles. The van der Waals surface area contributed by atoms with E-state index in [1.165, 1.54) is 10.6 Å². The Hall–Kier alpha value is -1.71. The van der Waals surface area contributed by atoms with Gasteiger partial charge in [-0.25, -0.2) is 0 Å². The molecule has 1 aliphatic carbocycles. The Labute approximate surface area is 119 Å². The number of fused-ring (bicyclic) bond motifs is 1. The summed E-state index contributed by atoms with van der Waals surface area (Å²) in [7, 11) is 0. The molecule has 104 valence electrons. The van der Waals surface area contributed by atoms with Gasteiger partial charge in [0.2, 0.25) is 0 Å². The summed E-state index contributed by atoms with van der Waals surface area (Å²) >= 11 is 0. The predicted octanol–water partition coefficient (Wildman–Crippen LogP) is 3.39. The number of hydrogen-bond acceptors (Lipinski definition) is 3. The molecule has 0 aliphatic heterocycles. The highest BCUT2D eigenvalue weighted by Crippen LogP contribution is 2.27. The van der Waals surface area contributed by atoms with Crippen LogP contribution in [0.3, 0.4) is 0 Å². The van der Waals surface area contributed by atoms with Gasteiger partial charge in [0.1, 0.15) is 0 Å². The molecule has 2 atom stereocenters. The minimum Gasteiger partial charge on any atom is -0.313 e. The quantitative estimate of drug-likeness (QED) is 0.867. The van der Waals surface area contributed by atoms with Gasteiger partial charge in [-0.3, -0.25) is 4.98 Å². The van der Waals surface area contributed by atoms with Crippen LogP contribution in [-0.4, -0.2) is 21.3 Å². The van der Waals surface area contributed by atoms with Gasteiger partial charge in [0, 0.05) is 24.4 Å². The smallest absolute Gasteiger partial charge is 0.0574 e. The summed E-state index contributed by atoms with van der Waals surface area (Å²) in [5.74, 6) is 0. The van der Waals surface area contributed by atoms with Gasteiger partial charge in [-0.2, -0.15) is 5.06 Å². The van der Waals surface area contributed by atoms with E-state index < -0.39 is 0 Å². The maximum Gasteiger partial charge on any atom is 0.0574 e. The number of benzene rings is 1. The zero-order chi connectivity index (χ0) is 13.9. The number of aromatic nitrogens is 1. The molecule has 2 unspecified atom stereocenters. The fourth-order valence-electron chi connectivity index (χ4n) is 2.96. The summed E-state index contributed by atoms with van der Waals surface area (Å²) in [6.07, 6.45) is 4.63. The normalized spacial score (nSPS) is 19.6. The van der Waals surface area contributed by atoms with Crippen LogP contribution < -0.4 is 0 Å². The van der Waals surface area contributed by atoms with Gasteiger partial charge in [-0.15, -0.1) is 0 Å². The lowest BCUT2D eigenvalue weighted by Crippen LogP contribution is -2.38. The highest BCUT2D eigenvalue weighted by Gasteiger charge is 2.27. The van der Waals surface area contributed by atoms with Crippen molar-refractivity contribution in [1.82, 2.24) is 10.0 Å². The Bertz CT molecular complexity index is 570. The molecule has 1 aromatic heterocycles. The van der Waals surface area contributed by atoms with Crippen molar-refractivity contribution < 1.29 is 5.21 Å². The monoisotopic (exact) mass is 268 g/mol. The van der Waals surface area contributed by atoms with Crippen molar-refractivity contribution in [2.24, 2.45) is 0 Å². The van der Waals surface area contributed by atoms with Gasteiger partial charge >= 0.3 is 0 Å². The van der Waals surface area contributed by atoms with Crippen LogP contribution >= 0.6 is 0 Å². The maximum absolute atomic E-state index is 10.5. The summed E-state index contributed by atoms with van der Waals surface area (Å²) in [5, 5.41) is 12.0. The van der Waals surface area contributed by atoms with Crippen molar-refractivity contribution >= 4 is 0 Å². The molecule has 0 bridgehead atoms. The fraction of sp³-hybridized carbons (Fsp3) is 0.353. The van der Waals surface area contributed by atoms with Gasteiger partial charge in [-0.05, 0) is 37.0 Å². The summed E-state index contributed by atoms with van der Waals surface area (Å²) in [6, 6.07) is 14.4. The van der Waals surface area contributed by atoms with Crippen molar-refractivity contribution in [2.75, 3.05) is 0 Å². The van der Waals surface area contributed by atoms with Crippen LogP contribution in [0.2, 0.25) is 0 Å². The first-order chi connectivity index (χ1) is 9.75. The molecule has 1 N–H and O–H groups in total. The number of nitrogens with zero attached hydrogens (tertiary/aromatic N) is 2. The van der Waals surface area contributed by atoms with Crippen LogP contribution in [0.5, 0.6) is 0 Å². The molecule has 0 spiro atoms. The lowest BCUT2D eigenvalue weighted by molar-refractivity contribution is -0.160. The summed E-state index contributed by atoms with van der Waals surface area (Å²) in [5.41, 5.74) is 3.59. The first-order valence-corrected chi connectivity index (χ1v) is 7.20. The van der Waals surface area contributed by atoms with Crippen molar-refractivity contribution in [3.63, 3.8) is 0 Å². The SMILES string of the molecule is CC(c1ccccc1)N(O)C1CCc2cccnc2C1. The number of hydrogen-bond donors (Lipinski definition) is 1. The molecule has 0 amide bonds. The zero-order valence-corrected chi connectivity index (χ0v) is 11.7. The van der Waals surface area contributed by atoms with Crippen LogP contribution in [0.25, 0.3) is 0 Å². The minimum atomic E-state index is 0.00598. The van der Waals surface area contributed by atoms with Crippen LogP contribution in [-0.2, 0) is 12.8 Å². The van der Waals surface area contributed by atoms with E-state index in [1.807, 2.05) is 37.4 Å². The van der Waals surface area contributed by atoms with Crippen LogP contribution in [0, 0.1) is 0 Å². The summed E-state index contributed by atoms with van der Waals surface area (Å²) in [6.45, 7) is 2.04. The number of hydroxylamine groups is 2. The molecule has 0 saturated carbocycles. The van der Waals surface area contributed by atoms with Gasteiger partial charge in [0.25, 0.3) is 0 Å². The summed E-state index contributed by atoms with van der Waals surface area (Å²) < 4.78 is 0. The minimum absolute atomic E-state index is 0.00598. The average Bonchev–Trinajstić information content (AvgIpc) is 2.54. The van der Waals surface area contributed by atoms with Crippen molar-refractivity contribution in [3.05, 3.63) is 65.5 Å². The fourth-order valence-corrected chi connectivity index (χ4v) is 2.96. The summed E-state index contributed by atoms with van der Waals surface area (Å²) in [4.78, 5) is 4.45. The van der Waals surface area contributed by atoms with Crippen LogP contribution in [0.4, 0.5) is 0 Å². The number of aryl methyl sites for hydroxylation is 1. The van der Waals surface area contributed by atoms with Crippen molar-refractivity contribution in [3.8, 4) is 0 Å². The maximum atomic E-state index is 10.5. The zero-order valence-electron chi connectivity index (χ0n) is 11.7. The predicted molar refractivity (Wildman–Crippen MR) is 78.5 cm³/mol. The van der Waals surface area contributed by atoms with E-state index >= 15 is 0 Å². The lowest BCUT2D eigenvalue weighted by Gasteiger charge is -2.34. The molecule has 0 radical (unpaired) electrons. The van der Waals surface area contributed by atoms with Gasteiger partial charge in [-0.1, -0.05) is 36.4 Å². The van der Waals surface area contributed by atoms with Crippen molar-refractivity contribution in [1.29, 1.82) is 0 Å². The second-order valence-corrected chi connectivity index (χ2v) is 5.47. The second-order valence-electron chi connectivity index (χ2n) is 5.47. The molecule has 1 heterocycles. The van der Waals surface area contributed by atoms with Gasteiger partial charge in [0.05, 0.1) is 6.04 Å². The third-order valence-electron chi connectivity index (χ3n) is 4.21. The largest absolute Gasteiger partial charge is 0.313 e. The van der Waals surface area contributed by atoms with E-state index in [1.54, 1.807) is 0 Å². The molecule has 3 nitrogen and oxygen atoms in total.